The van der Waals surface area contributed by atoms with E-state index >= 15 is 0 Å². The molecule has 116 valence electrons. The number of sulfonamides is 1. The lowest BCUT2D eigenvalue weighted by Crippen LogP contribution is -2.32. The van der Waals surface area contributed by atoms with Gasteiger partial charge in [0.2, 0.25) is 10.0 Å². The van der Waals surface area contributed by atoms with E-state index in [0.29, 0.717) is 13.1 Å². The number of hydrogen-bond acceptors (Lipinski definition) is 5. The maximum atomic E-state index is 11.4. The minimum atomic E-state index is -3.08. The van der Waals surface area contributed by atoms with Gasteiger partial charge in [0.15, 0.2) is 0 Å². The van der Waals surface area contributed by atoms with Crippen LogP contribution in [0.4, 0.5) is 0 Å². The van der Waals surface area contributed by atoms with Crippen LogP contribution < -0.4 is 5.32 Å². The van der Waals surface area contributed by atoms with Crippen LogP contribution in [0.1, 0.15) is 18.4 Å². The van der Waals surface area contributed by atoms with Crippen LogP contribution in [0.2, 0.25) is 0 Å². The van der Waals surface area contributed by atoms with Crippen molar-refractivity contribution in [1.29, 1.82) is 0 Å². The Labute approximate surface area is 130 Å². The second-order valence-electron chi connectivity index (χ2n) is 4.86. The fourth-order valence-corrected chi connectivity index (χ4v) is 4.00. The summed E-state index contributed by atoms with van der Waals surface area (Å²) < 4.78 is 25.6. The number of aromatic nitrogens is 1. The molecule has 21 heavy (non-hydrogen) atoms. The number of para-hydroxylation sites is 1. The fraction of sp³-hybridized carbons (Fsp3) is 0.500. The number of rotatable bonds is 8. The highest BCUT2D eigenvalue weighted by Crippen LogP contribution is 2.21. The lowest BCUT2D eigenvalue weighted by molar-refractivity contribution is 0.419. The van der Waals surface area contributed by atoms with Gasteiger partial charge in [-0.1, -0.05) is 19.1 Å². The van der Waals surface area contributed by atoms with Crippen LogP contribution >= 0.6 is 11.3 Å². The van der Waals surface area contributed by atoms with Crippen molar-refractivity contribution in [3.8, 4) is 0 Å². The molecule has 5 nitrogen and oxygen atoms in total. The average molecular weight is 327 g/mol. The molecule has 0 aliphatic heterocycles. The summed E-state index contributed by atoms with van der Waals surface area (Å²) in [6, 6.07) is 8.09. The molecule has 0 radical (unpaired) electrons. The molecule has 0 saturated heterocycles. The van der Waals surface area contributed by atoms with Crippen molar-refractivity contribution < 1.29 is 8.42 Å². The van der Waals surface area contributed by atoms with Gasteiger partial charge in [-0.05, 0) is 25.1 Å². The molecule has 0 amide bonds. The van der Waals surface area contributed by atoms with Gasteiger partial charge in [0.25, 0.3) is 0 Å². The summed E-state index contributed by atoms with van der Waals surface area (Å²) in [6.45, 7) is 4.45. The lowest BCUT2D eigenvalue weighted by atomic mass is 10.3. The van der Waals surface area contributed by atoms with Gasteiger partial charge >= 0.3 is 0 Å². The summed E-state index contributed by atoms with van der Waals surface area (Å²) in [5.74, 6) is 0. The SMILES string of the molecule is CCN(CCCNCc1nc2ccccc2s1)S(C)(=O)=O. The summed E-state index contributed by atoms with van der Waals surface area (Å²) in [6.07, 6.45) is 2.05. The van der Waals surface area contributed by atoms with E-state index in [9.17, 15) is 8.42 Å². The van der Waals surface area contributed by atoms with Crippen LogP contribution in [0.15, 0.2) is 24.3 Å². The van der Waals surface area contributed by atoms with Crippen LogP contribution in [-0.2, 0) is 16.6 Å². The van der Waals surface area contributed by atoms with Crippen LogP contribution in [-0.4, -0.2) is 43.6 Å². The van der Waals surface area contributed by atoms with E-state index in [0.717, 1.165) is 30.0 Å². The molecule has 0 spiro atoms. The van der Waals surface area contributed by atoms with Crippen LogP contribution in [0.25, 0.3) is 10.2 Å². The molecule has 0 unspecified atom stereocenters. The lowest BCUT2D eigenvalue weighted by Gasteiger charge is -2.17. The van der Waals surface area contributed by atoms with Crippen LogP contribution in [0.3, 0.4) is 0 Å². The summed E-state index contributed by atoms with van der Waals surface area (Å²) in [7, 11) is -3.08. The number of nitrogens with zero attached hydrogens (tertiary/aromatic N) is 2. The predicted octanol–water partition coefficient (Wildman–Crippen LogP) is 2.06. The molecule has 0 aliphatic rings. The number of benzene rings is 1. The highest BCUT2D eigenvalue weighted by Gasteiger charge is 2.13. The van der Waals surface area contributed by atoms with E-state index in [1.54, 1.807) is 11.3 Å². The van der Waals surface area contributed by atoms with Crippen molar-refractivity contribution in [1.82, 2.24) is 14.6 Å². The second-order valence-corrected chi connectivity index (χ2v) is 7.96. The van der Waals surface area contributed by atoms with Gasteiger partial charge in [-0.2, -0.15) is 0 Å². The number of hydrogen-bond donors (Lipinski definition) is 1. The van der Waals surface area contributed by atoms with E-state index in [-0.39, 0.29) is 0 Å². The second kappa shape index (κ2) is 7.31. The van der Waals surface area contributed by atoms with E-state index in [1.807, 2.05) is 25.1 Å². The Hall–Kier alpha value is -1.02. The van der Waals surface area contributed by atoms with Gasteiger partial charge < -0.3 is 5.32 Å². The molecule has 0 saturated carbocycles. The molecule has 0 bridgehead atoms. The summed E-state index contributed by atoms with van der Waals surface area (Å²) in [4.78, 5) is 4.55. The molecular formula is C14H21N3O2S2. The number of thiazole rings is 1. The van der Waals surface area contributed by atoms with E-state index in [4.69, 9.17) is 0 Å². The molecule has 1 aromatic carbocycles. The van der Waals surface area contributed by atoms with Crippen molar-refractivity contribution in [2.75, 3.05) is 25.9 Å². The fourth-order valence-electron chi connectivity index (χ4n) is 2.13. The highest BCUT2D eigenvalue weighted by atomic mass is 32.2. The summed E-state index contributed by atoms with van der Waals surface area (Å²) in [5.41, 5.74) is 1.04. The molecular weight excluding hydrogens is 306 g/mol. The first-order valence-corrected chi connectivity index (χ1v) is 9.67. The zero-order valence-corrected chi connectivity index (χ0v) is 14.0. The molecule has 2 rings (SSSR count). The largest absolute Gasteiger partial charge is 0.310 e. The normalized spacial score (nSPS) is 12.3. The highest BCUT2D eigenvalue weighted by molar-refractivity contribution is 7.88. The standard InChI is InChI=1S/C14H21N3O2S2/c1-3-17(21(2,18)19)10-6-9-15-11-14-16-12-7-4-5-8-13(12)20-14/h4-5,7-8,15H,3,6,9-11H2,1-2H3. The third-order valence-electron chi connectivity index (χ3n) is 3.20. The average Bonchev–Trinajstić information content (AvgIpc) is 2.84. The predicted molar refractivity (Wildman–Crippen MR) is 88.0 cm³/mol. The van der Waals surface area contributed by atoms with E-state index in [2.05, 4.69) is 16.4 Å². The third-order valence-corrected chi connectivity index (χ3v) is 5.61. The Balaban J connectivity index is 1.75. The first kappa shape index (κ1) is 16.4. The molecule has 1 aromatic heterocycles. The van der Waals surface area contributed by atoms with Gasteiger partial charge in [-0.25, -0.2) is 17.7 Å². The molecule has 7 heteroatoms. The molecule has 0 aliphatic carbocycles. The van der Waals surface area contributed by atoms with Gasteiger partial charge in [0.05, 0.1) is 16.5 Å². The van der Waals surface area contributed by atoms with Crippen molar-refractivity contribution in [2.45, 2.75) is 19.9 Å². The minimum Gasteiger partial charge on any atom is -0.310 e. The summed E-state index contributed by atoms with van der Waals surface area (Å²) >= 11 is 1.69. The van der Waals surface area contributed by atoms with Crippen molar-refractivity contribution in [2.24, 2.45) is 0 Å². The van der Waals surface area contributed by atoms with Crippen LogP contribution in [0.5, 0.6) is 0 Å². The monoisotopic (exact) mass is 327 g/mol. The van der Waals surface area contributed by atoms with E-state index < -0.39 is 10.0 Å². The Bertz CT molecular complexity index is 649. The Morgan fingerprint density at radius 2 is 2.10 bits per heavy atom. The van der Waals surface area contributed by atoms with Crippen molar-refractivity contribution in [3.63, 3.8) is 0 Å². The smallest absolute Gasteiger partial charge is 0.211 e. The van der Waals surface area contributed by atoms with Crippen LogP contribution in [0, 0.1) is 0 Å². The van der Waals surface area contributed by atoms with E-state index in [1.165, 1.54) is 15.3 Å². The van der Waals surface area contributed by atoms with Gasteiger partial charge in [0.1, 0.15) is 5.01 Å². The van der Waals surface area contributed by atoms with Gasteiger partial charge in [-0.15, -0.1) is 11.3 Å². The van der Waals surface area contributed by atoms with Crippen molar-refractivity contribution >= 4 is 31.6 Å². The van der Waals surface area contributed by atoms with Gasteiger partial charge in [-0.3, -0.25) is 0 Å². The Morgan fingerprint density at radius 1 is 1.33 bits per heavy atom. The maximum absolute atomic E-state index is 11.4. The number of nitrogens with one attached hydrogen (secondary N) is 1. The topological polar surface area (TPSA) is 62.3 Å². The molecule has 2 aromatic rings. The zero-order valence-electron chi connectivity index (χ0n) is 12.4. The quantitative estimate of drug-likeness (QED) is 0.754. The third kappa shape index (κ3) is 4.74. The Kier molecular flexibility index (Phi) is 5.69. The zero-order chi connectivity index (χ0) is 15.3. The minimum absolute atomic E-state index is 0.525. The first-order valence-electron chi connectivity index (χ1n) is 7.01. The number of fused-ring (bicyclic) bond motifs is 1. The molecule has 0 atom stereocenters. The first-order chi connectivity index (χ1) is 10.0. The maximum Gasteiger partial charge on any atom is 0.211 e. The molecule has 1 heterocycles. The summed E-state index contributed by atoms with van der Waals surface area (Å²) in [5, 5.41) is 4.38. The Morgan fingerprint density at radius 3 is 2.76 bits per heavy atom. The van der Waals surface area contributed by atoms with Gasteiger partial charge in [0, 0.05) is 19.6 Å². The van der Waals surface area contributed by atoms with Crippen molar-refractivity contribution in [3.05, 3.63) is 29.3 Å². The molecule has 0 fully saturated rings. The molecule has 1 N–H and O–H groups in total.